The van der Waals surface area contributed by atoms with Gasteiger partial charge in [0, 0.05) is 43.0 Å². The number of benzene rings is 2. The molecule has 5 rings (SSSR count). The molecular formula is C29H26N4O4S. The summed E-state index contributed by atoms with van der Waals surface area (Å²) in [5, 5.41) is 14.0. The van der Waals surface area contributed by atoms with Gasteiger partial charge in [-0.05, 0) is 29.0 Å². The topological polar surface area (TPSA) is 112 Å². The zero-order chi connectivity index (χ0) is 26.5. The van der Waals surface area contributed by atoms with E-state index in [0.717, 1.165) is 22.3 Å². The molecule has 3 heterocycles. The highest BCUT2D eigenvalue weighted by atomic mass is 32.1. The first-order chi connectivity index (χ1) is 18.5. The van der Waals surface area contributed by atoms with Crippen LogP contribution >= 0.6 is 11.3 Å². The quantitative estimate of drug-likeness (QED) is 0.357. The number of likely N-dealkylation sites (tertiary alicyclic amines) is 1. The number of amides is 2. The van der Waals surface area contributed by atoms with Crippen LogP contribution in [0.3, 0.4) is 0 Å². The summed E-state index contributed by atoms with van der Waals surface area (Å²) in [4.78, 5) is 48.6. The van der Waals surface area contributed by atoms with Crippen molar-refractivity contribution in [2.24, 2.45) is 5.92 Å². The fourth-order valence-electron chi connectivity index (χ4n) is 4.50. The van der Waals surface area contributed by atoms with E-state index in [1.807, 2.05) is 54.6 Å². The second kappa shape index (κ2) is 11.4. The lowest BCUT2D eigenvalue weighted by Gasteiger charge is -2.24. The molecule has 9 heteroatoms. The third-order valence-electron chi connectivity index (χ3n) is 6.61. The molecular weight excluding hydrogens is 500 g/mol. The Morgan fingerprint density at radius 2 is 1.68 bits per heavy atom. The van der Waals surface area contributed by atoms with Crippen molar-refractivity contribution in [1.29, 1.82) is 0 Å². The Morgan fingerprint density at radius 1 is 0.947 bits per heavy atom. The summed E-state index contributed by atoms with van der Waals surface area (Å²) in [6, 6.07) is 20.2. The Hall–Kier alpha value is -4.37. The maximum absolute atomic E-state index is 13.4. The molecule has 0 spiro atoms. The van der Waals surface area contributed by atoms with Gasteiger partial charge in [-0.25, -0.2) is 9.97 Å². The summed E-state index contributed by atoms with van der Waals surface area (Å²) >= 11 is 1.30. The zero-order valence-corrected chi connectivity index (χ0v) is 21.3. The fourth-order valence-corrected chi connectivity index (χ4v) is 5.13. The first-order valence-corrected chi connectivity index (χ1v) is 13.2. The molecule has 2 unspecified atom stereocenters. The van der Waals surface area contributed by atoms with Gasteiger partial charge in [-0.15, -0.1) is 11.3 Å². The number of carboxylic acids is 1. The molecule has 1 aliphatic heterocycles. The molecule has 0 radical (unpaired) electrons. The second-order valence-electron chi connectivity index (χ2n) is 9.17. The Balaban J connectivity index is 1.31. The molecule has 2 aromatic carbocycles. The van der Waals surface area contributed by atoms with Crippen LogP contribution in [0.2, 0.25) is 0 Å². The molecule has 0 bridgehead atoms. The van der Waals surface area contributed by atoms with E-state index in [1.54, 1.807) is 29.9 Å². The van der Waals surface area contributed by atoms with E-state index in [0.29, 0.717) is 23.7 Å². The molecule has 2 atom stereocenters. The predicted octanol–water partition coefficient (Wildman–Crippen LogP) is 4.15. The number of rotatable bonds is 8. The van der Waals surface area contributed by atoms with Crippen molar-refractivity contribution in [1.82, 2.24) is 20.2 Å². The number of hydrogen-bond donors (Lipinski definition) is 2. The highest BCUT2D eigenvalue weighted by molar-refractivity contribution is 7.12. The molecule has 4 aromatic rings. The van der Waals surface area contributed by atoms with Gasteiger partial charge in [0.2, 0.25) is 5.91 Å². The van der Waals surface area contributed by atoms with Crippen LogP contribution in [-0.2, 0) is 16.0 Å². The van der Waals surface area contributed by atoms with E-state index in [2.05, 4.69) is 15.3 Å². The number of carbonyl (C=O) groups is 3. The number of hydrogen-bond acceptors (Lipinski definition) is 6. The average molecular weight is 527 g/mol. The first-order valence-electron chi connectivity index (χ1n) is 12.3. The van der Waals surface area contributed by atoms with Gasteiger partial charge in [-0.3, -0.25) is 14.4 Å². The monoisotopic (exact) mass is 526 g/mol. The van der Waals surface area contributed by atoms with Crippen LogP contribution in [0.15, 0.2) is 84.5 Å². The van der Waals surface area contributed by atoms with Gasteiger partial charge in [-0.2, -0.15) is 0 Å². The highest BCUT2D eigenvalue weighted by Gasteiger charge is 2.35. The SMILES string of the molecule is O=C(NC(Cc1ccc(-c2ncc(-c3ccccc3)cn2)cc1)C(=O)N1CCC(C(=O)O)C1)c1cccs1. The Kier molecular flexibility index (Phi) is 7.55. The van der Waals surface area contributed by atoms with Crippen LogP contribution in [-0.4, -0.2) is 56.9 Å². The summed E-state index contributed by atoms with van der Waals surface area (Å²) in [6.45, 7) is 0.505. The molecule has 1 aliphatic rings. The standard InChI is InChI=1S/C29H26N4O4S/c34-27(25-7-4-14-38-25)32-24(28(35)33-13-12-22(18-33)29(36)37)15-19-8-10-21(11-9-19)26-30-16-23(17-31-26)20-5-2-1-3-6-20/h1-11,14,16-17,22,24H,12-13,15,18H2,(H,32,34)(H,36,37). The number of carbonyl (C=O) groups excluding carboxylic acids is 2. The molecule has 2 aromatic heterocycles. The van der Waals surface area contributed by atoms with Gasteiger partial charge in [0.05, 0.1) is 10.8 Å². The lowest BCUT2D eigenvalue weighted by atomic mass is 10.0. The maximum Gasteiger partial charge on any atom is 0.308 e. The molecule has 192 valence electrons. The van der Waals surface area contributed by atoms with E-state index in [9.17, 15) is 19.5 Å². The van der Waals surface area contributed by atoms with Gasteiger partial charge in [-0.1, -0.05) is 60.7 Å². The summed E-state index contributed by atoms with van der Waals surface area (Å²) in [5.41, 5.74) is 3.67. The second-order valence-corrected chi connectivity index (χ2v) is 10.1. The van der Waals surface area contributed by atoms with Crippen LogP contribution < -0.4 is 5.32 Å². The van der Waals surface area contributed by atoms with Crippen molar-refractivity contribution in [2.45, 2.75) is 18.9 Å². The third kappa shape index (κ3) is 5.78. The van der Waals surface area contributed by atoms with E-state index >= 15 is 0 Å². The smallest absolute Gasteiger partial charge is 0.308 e. The molecule has 2 N–H and O–H groups in total. The van der Waals surface area contributed by atoms with Crippen molar-refractivity contribution in [3.05, 3.63) is 94.9 Å². The van der Waals surface area contributed by atoms with E-state index in [4.69, 9.17) is 0 Å². The van der Waals surface area contributed by atoms with Crippen LogP contribution in [0.4, 0.5) is 0 Å². The number of aliphatic carboxylic acids is 1. The van der Waals surface area contributed by atoms with Crippen molar-refractivity contribution >= 4 is 29.1 Å². The van der Waals surface area contributed by atoms with Crippen molar-refractivity contribution < 1.29 is 19.5 Å². The molecule has 0 saturated carbocycles. The van der Waals surface area contributed by atoms with E-state index < -0.39 is 17.9 Å². The maximum atomic E-state index is 13.4. The van der Waals surface area contributed by atoms with Crippen molar-refractivity contribution in [2.75, 3.05) is 13.1 Å². The number of nitrogens with zero attached hydrogens (tertiary/aromatic N) is 3. The minimum Gasteiger partial charge on any atom is -0.481 e. The zero-order valence-electron chi connectivity index (χ0n) is 20.5. The number of nitrogens with one attached hydrogen (secondary N) is 1. The number of thiophene rings is 1. The van der Waals surface area contributed by atoms with Crippen molar-refractivity contribution in [3.63, 3.8) is 0 Å². The molecule has 1 saturated heterocycles. The molecule has 0 aliphatic carbocycles. The van der Waals surface area contributed by atoms with Crippen LogP contribution in [0, 0.1) is 5.92 Å². The van der Waals surface area contributed by atoms with E-state index in [1.165, 1.54) is 16.2 Å². The Labute approximate surface area is 224 Å². The van der Waals surface area contributed by atoms with Crippen LogP contribution in [0.1, 0.15) is 21.7 Å². The van der Waals surface area contributed by atoms with Gasteiger partial charge >= 0.3 is 5.97 Å². The molecule has 2 amide bonds. The largest absolute Gasteiger partial charge is 0.481 e. The van der Waals surface area contributed by atoms with Crippen molar-refractivity contribution in [3.8, 4) is 22.5 Å². The minimum atomic E-state index is -0.908. The summed E-state index contributed by atoms with van der Waals surface area (Å²) in [5.74, 6) is -1.50. The number of carboxylic acid groups (broad SMARTS) is 1. The van der Waals surface area contributed by atoms with E-state index in [-0.39, 0.29) is 24.8 Å². The lowest BCUT2D eigenvalue weighted by molar-refractivity contribution is -0.141. The van der Waals surface area contributed by atoms with Gasteiger partial charge < -0.3 is 15.3 Å². The lowest BCUT2D eigenvalue weighted by Crippen LogP contribution is -2.49. The van der Waals surface area contributed by atoms with Crippen LogP contribution in [0.5, 0.6) is 0 Å². The predicted molar refractivity (Wildman–Crippen MR) is 145 cm³/mol. The summed E-state index contributed by atoms with van der Waals surface area (Å²) in [7, 11) is 0. The summed E-state index contributed by atoms with van der Waals surface area (Å²) < 4.78 is 0. The Morgan fingerprint density at radius 3 is 2.32 bits per heavy atom. The minimum absolute atomic E-state index is 0.148. The molecule has 8 nitrogen and oxygen atoms in total. The summed E-state index contributed by atoms with van der Waals surface area (Å²) in [6.07, 6.45) is 4.27. The third-order valence-corrected chi connectivity index (χ3v) is 7.48. The van der Waals surface area contributed by atoms with Gasteiger partial charge in [0.25, 0.3) is 5.91 Å². The number of aromatic nitrogens is 2. The van der Waals surface area contributed by atoms with Crippen LogP contribution in [0.25, 0.3) is 22.5 Å². The normalized spacial score (nSPS) is 15.7. The van der Waals surface area contributed by atoms with Gasteiger partial charge in [0.15, 0.2) is 5.82 Å². The van der Waals surface area contributed by atoms with Gasteiger partial charge in [0.1, 0.15) is 6.04 Å². The molecule has 38 heavy (non-hydrogen) atoms. The highest BCUT2D eigenvalue weighted by Crippen LogP contribution is 2.22. The molecule has 1 fully saturated rings. The first kappa shape index (κ1) is 25.3. The fraction of sp³-hybridized carbons (Fsp3) is 0.207. The average Bonchev–Trinajstić information content (AvgIpc) is 3.67. The Bertz CT molecular complexity index is 1410.